The van der Waals surface area contributed by atoms with Crippen molar-refractivity contribution in [1.82, 2.24) is 10.2 Å². The van der Waals surface area contributed by atoms with E-state index in [-0.39, 0.29) is 6.03 Å². The predicted octanol–water partition coefficient (Wildman–Crippen LogP) is 3.22. The minimum absolute atomic E-state index is 0.0111. The Hall–Kier alpha value is -1.26. The van der Waals surface area contributed by atoms with Crippen LogP contribution in [-0.2, 0) is 17.7 Å². The third kappa shape index (κ3) is 4.90. The molecule has 0 atom stereocenters. The Kier molecular flexibility index (Phi) is 6.33. The van der Waals surface area contributed by atoms with Crippen LogP contribution in [0.15, 0.2) is 18.2 Å². The molecule has 0 radical (unpaired) electrons. The zero-order valence-corrected chi connectivity index (χ0v) is 13.3. The van der Waals surface area contributed by atoms with Gasteiger partial charge in [0.15, 0.2) is 0 Å². The van der Waals surface area contributed by atoms with E-state index in [1.807, 2.05) is 24.0 Å². The smallest absolute Gasteiger partial charge is 0.317 e. The number of benzene rings is 1. The third-order valence-electron chi connectivity index (χ3n) is 3.66. The number of amides is 2. The first-order chi connectivity index (χ1) is 10.2. The van der Waals surface area contributed by atoms with Crippen molar-refractivity contribution in [1.29, 1.82) is 0 Å². The van der Waals surface area contributed by atoms with Gasteiger partial charge in [0.05, 0.1) is 0 Å². The Morgan fingerprint density at radius 2 is 2.24 bits per heavy atom. The van der Waals surface area contributed by atoms with Crippen molar-refractivity contribution in [2.75, 3.05) is 26.3 Å². The number of hydrogen-bond donors (Lipinski definition) is 1. The van der Waals surface area contributed by atoms with Crippen LogP contribution in [0.3, 0.4) is 0 Å². The van der Waals surface area contributed by atoms with Gasteiger partial charge < -0.3 is 15.0 Å². The van der Waals surface area contributed by atoms with Gasteiger partial charge in [0.2, 0.25) is 0 Å². The molecule has 1 aromatic rings. The SMILES string of the molecule is CCOCCCCNC(=O)N1CCc2ccc(Cl)cc2C1. The molecule has 1 aliphatic rings. The van der Waals surface area contributed by atoms with Gasteiger partial charge in [0, 0.05) is 37.9 Å². The van der Waals surface area contributed by atoms with E-state index >= 15 is 0 Å². The first-order valence-corrected chi connectivity index (χ1v) is 7.96. The second-order valence-electron chi connectivity index (χ2n) is 5.22. The number of carbonyl (C=O) groups is 1. The second-order valence-corrected chi connectivity index (χ2v) is 5.66. The van der Waals surface area contributed by atoms with Crippen molar-refractivity contribution in [3.63, 3.8) is 0 Å². The van der Waals surface area contributed by atoms with Crippen LogP contribution in [0.5, 0.6) is 0 Å². The molecular weight excluding hydrogens is 288 g/mol. The molecule has 1 N–H and O–H groups in total. The third-order valence-corrected chi connectivity index (χ3v) is 3.90. The first-order valence-electron chi connectivity index (χ1n) is 7.58. The molecule has 116 valence electrons. The number of unbranched alkanes of at least 4 members (excludes halogenated alkanes) is 1. The molecule has 0 saturated carbocycles. The van der Waals surface area contributed by atoms with Gasteiger partial charge in [-0.15, -0.1) is 0 Å². The summed E-state index contributed by atoms with van der Waals surface area (Å²) in [6, 6.07) is 5.94. The number of nitrogens with zero attached hydrogens (tertiary/aromatic N) is 1. The van der Waals surface area contributed by atoms with E-state index in [1.54, 1.807) is 0 Å². The Balaban J connectivity index is 1.74. The highest BCUT2D eigenvalue weighted by atomic mass is 35.5. The average molecular weight is 311 g/mol. The number of carbonyl (C=O) groups excluding carboxylic acids is 1. The fourth-order valence-electron chi connectivity index (χ4n) is 2.48. The molecule has 1 aliphatic heterocycles. The summed E-state index contributed by atoms with van der Waals surface area (Å²) >= 11 is 6.02. The zero-order chi connectivity index (χ0) is 15.1. The maximum absolute atomic E-state index is 12.1. The Morgan fingerprint density at radius 3 is 3.05 bits per heavy atom. The van der Waals surface area contributed by atoms with Crippen LogP contribution in [0.2, 0.25) is 5.02 Å². The Morgan fingerprint density at radius 1 is 1.38 bits per heavy atom. The van der Waals surface area contributed by atoms with Crippen LogP contribution >= 0.6 is 11.6 Å². The van der Waals surface area contributed by atoms with Gasteiger partial charge in [-0.25, -0.2) is 4.79 Å². The van der Waals surface area contributed by atoms with Crippen LogP contribution < -0.4 is 5.32 Å². The van der Waals surface area contributed by atoms with E-state index in [4.69, 9.17) is 16.3 Å². The Bertz CT molecular complexity index is 479. The minimum atomic E-state index is 0.0111. The lowest BCUT2D eigenvalue weighted by atomic mass is 10.0. The zero-order valence-electron chi connectivity index (χ0n) is 12.5. The highest BCUT2D eigenvalue weighted by molar-refractivity contribution is 6.30. The number of halogens is 1. The number of nitrogens with one attached hydrogen (secondary N) is 1. The lowest BCUT2D eigenvalue weighted by molar-refractivity contribution is 0.143. The van der Waals surface area contributed by atoms with Gasteiger partial charge in [-0.05, 0) is 49.4 Å². The number of rotatable bonds is 6. The number of ether oxygens (including phenoxy) is 1. The summed E-state index contributed by atoms with van der Waals surface area (Å²) < 4.78 is 5.27. The molecule has 0 aromatic heterocycles. The van der Waals surface area contributed by atoms with Crippen molar-refractivity contribution in [3.8, 4) is 0 Å². The van der Waals surface area contributed by atoms with E-state index in [2.05, 4.69) is 11.4 Å². The quantitative estimate of drug-likeness (QED) is 0.820. The van der Waals surface area contributed by atoms with Gasteiger partial charge in [-0.1, -0.05) is 17.7 Å². The number of fused-ring (bicyclic) bond motifs is 1. The van der Waals surface area contributed by atoms with Crippen LogP contribution in [0.1, 0.15) is 30.9 Å². The normalized spacial score (nSPS) is 13.9. The molecule has 0 fully saturated rings. The van der Waals surface area contributed by atoms with Crippen molar-refractivity contribution >= 4 is 17.6 Å². The molecule has 1 heterocycles. The fraction of sp³-hybridized carbons (Fsp3) is 0.562. The molecule has 2 rings (SSSR count). The monoisotopic (exact) mass is 310 g/mol. The summed E-state index contributed by atoms with van der Waals surface area (Å²) in [4.78, 5) is 14.0. The summed E-state index contributed by atoms with van der Waals surface area (Å²) in [6.07, 6.45) is 2.82. The van der Waals surface area contributed by atoms with Crippen molar-refractivity contribution < 1.29 is 9.53 Å². The number of urea groups is 1. The summed E-state index contributed by atoms with van der Waals surface area (Å²) in [5, 5.41) is 3.70. The molecule has 0 spiro atoms. The van der Waals surface area contributed by atoms with Crippen LogP contribution in [0, 0.1) is 0 Å². The Labute approximate surface area is 131 Å². The summed E-state index contributed by atoms with van der Waals surface area (Å²) in [5.74, 6) is 0. The van der Waals surface area contributed by atoms with Crippen LogP contribution in [0.25, 0.3) is 0 Å². The van der Waals surface area contributed by atoms with Crippen molar-refractivity contribution in [2.45, 2.75) is 32.7 Å². The lowest BCUT2D eigenvalue weighted by Crippen LogP contribution is -2.43. The molecule has 5 heteroatoms. The van der Waals surface area contributed by atoms with Gasteiger partial charge in [0.1, 0.15) is 0 Å². The molecule has 0 unspecified atom stereocenters. The number of hydrogen-bond acceptors (Lipinski definition) is 2. The summed E-state index contributed by atoms with van der Waals surface area (Å²) in [7, 11) is 0. The van der Waals surface area contributed by atoms with E-state index in [0.717, 1.165) is 49.6 Å². The van der Waals surface area contributed by atoms with Gasteiger partial charge >= 0.3 is 6.03 Å². The van der Waals surface area contributed by atoms with E-state index in [1.165, 1.54) is 5.56 Å². The molecule has 0 aliphatic carbocycles. The van der Waals surface area contributed by atoms with E-state index < -0.39 is 0 Å². The standard InChI is InChI=1S/C16H23ClN2O2/c1-2-21-10-4-3-8-18-16(20)19-9-7-13-5-6-15(17)11-14(13)12-19/h5-6,11H,2-4,7-10,12H2,1H3,(H,18,20). The average Bonchev–Trinajstić information content (AvgIpc) is 2.49. The second kappa shape index (κ2) is 8.25. The summed E-state index contributed by atoms with van der Waals surface area (Å²) in [5.41, 5.74) is 2.44. The van der Waals surface area contributed by atoms with Crippen LogP contribution in [0.4, 0.5) is 4.79 Å². The topological polar surface area (TPSA) is 41.6 Å². The highest BCUT2D eigenvalue weighted by Crippen LogP contribution is 2.22. The van der Waals surface area contributed by atoms with Crippen molar-refractivity contribution in [2.24, 2.45) is 0 Å². The van der Waals surface area contributed by atoms with Gasteiger partial charge in [0.25, 0.3) is 0 Å². The van der Waals surface area contributed by atoms with E-state index in [9.17, 15) is 4.79 Å². The molecule has 0 bridgehead atoms. The van der Waals surface area contributed by atoms with Gasteiger partial charge in [-0.3, -0.25) is 0 Å². The summed E-state index contributed by atoms with van der Waals surface area (Å²) in [6.45, 7) is 5.61. The molecule has 4 nitrogen and oxygen atoms in total. The fourth-order valence-corrected chi connectivity index (χ4v) is 2.67. The minimum Gasteiger partial charge on any atom is -0.382 e. The molecular formula is C16H23ClN2O2. The molecule has 1 aromatic carbocycles. The highest BCUT2D eigenvalue weighted by Gasteiger charge is 2.20. The van der Waals surface area contributed by atoms with Crippen LogP contribution in [-0.4, -0.2) is 37.2 Å². The van der Waals surface area contributed by atoms with Crippen molar-refractivity contribution in [3.05, 3.63) is 34.3 Å². The predicted molar refractivity (Wildman–Crippen MR) is 84.7 cm³/mol. The molecule has 2 amide bonds. The molecule has 21 heavy (non-hydrogen) atoms. The first kappa shape index (κ1) is 16.1. The maximum Gasteiger partial charge on any atom is 0.317 e. The largest absolute Gasteiger partial charge is 0.382 e. The van der Waals surface area contributed by atoms with Gasteiger partial charge in [-0.2, -0.15) is 0 Å². The lowest BCUT2D eigenvalue weighted by Gasteiger charge is -2.29. The van der Waals surface area contributed by atoms with E-state index in [0.29, 0.717) is 13.1 Å². The maximum atomic E-state index is 12.1. The molecule has 0 saturated heterocycles.